The number of benzene rings is 1. The fourth-order valence-electron chi connectivity index (χ4n) is 1.23. The van der Waals surface area contributed by atoms with Crippen molar-refractivity contribution in [1.82, 2.24) is 0 Å². The standard InChI is InChI=1S/C10H13ClO3/c1-6(12)7-4-5-8(13-2)10(14-3)9(7)11/h4-6,12H,1-3H3. The summed E-state index contributed by atoms with van der Waals surface area (Å²) < 4.78 is 10.2. The van der Waals surface area contributed by atoms with E-state index in [1.165, 1.54) is 14.2 Å². The first-order valence-corrected chi connectivity index (χ1v) is 4.58. The van der Waals surface area contributed by atoms with E-state index in [0.717, 1.165) is 0 Å². The molecule has 0 bridgehead atoms. The number of aliphatic hydroxyl groups is 1. The average molecular weight is 217 g/mol. The van der Waals surface area contributed by atoms with E-state index in [1.54, 1.807) is 19.1 Å². The van der Waals surface area contributed by atoms with Gasteiger partial charge in [-0.15, -0.1) is 0 Å². The van der Waals surface area contributed by atoms with Crippen molar-refractivity contribution in [3.05, 3.63) is 22.7 Å². The Hall–Kier alpha value is -0.930. The molecule has 0 saturated carbocycles. The highest BCUT2D eigenvalue weighted by atomic mass is 35.5. The topological polar surface area (TPSA) is 38.7 Å². The van der Waals surface area contributed by atoms with Crippen molar-refractivity contribution < 1.29 is 14.6 Å². The quantitative estimate of drug-likeness (QED) is 0.844. The zero-order chi connectivity index (χ0) is 10.7. The zero-order valence-electron chi connectivity index (χ0n) is 8.37. The number of hydrogen-bond acceptors (Lipinski definition) is 3. The summed E-state index contributed by atoms with van der Waals surface area (Å²) in [5.41, 5.74) is 0.629. The number of rotatable bonds is 3. The molecule has 0 saturated heterocycles. The molecule has 0 heterocycles. The van der Waals surface area contributed by atoms with Crippen LogP contribution in [0.5, 0.6) is 11.5 Å². The van der Waals surface area contributed by atoms with Gasteiger partial charge in [0.05, 0.1) is 25.3 Å². The van der Waals surface area contributed by atoms with E-state index in [4.69, 9.17) is 21.1 Å². The number of hydrogen-bond donors (Lipinski definition) is 1. The molecule has 1 aromatic carbocycles. The fourth-order valence-corrected chi connectivity index (χ4v) is 1.62. The van der Waals surface area contributed by atoms with E-state index < -0.39 is 6.10 Å². The Morgan fingerprint density at radius 2 is 1.93 bits per heavy atom. The van der Waals surface area contributed by atoms with Crippen molar-refractivity contribution in [3.8, 4) is 11.5 Å². The van der Waals surface area contributed by atoms with Crippen LogP contribution in [0.2, 0.25) is 5.02 Å². The van der Waals surface area contributed by atoms with Gasteiger partial charge in [0.15, 0.2) is 11.5 Å². The number of halogens is 1. The van der Waals surface area contributed by atoms with Crippen LogP contribution in [-0.2, 0) is 0 Å². The first-order chi connectivity index (χ1) is 6.61. The SMILES string of the molecule is COc1ccc(C(C)O)c(Cl)c1OC. The summed E-state index contributed by atoms with van der Waals surface area (Å²) in [4.78, 5) is 0. The third-order valence-electron chi connectivity index (χ3n) is 1.96. The van der Waals surface area contributed by atoms with Crippen molar-refractivity contribution in [3.63, 3.8) is 0 Å². The van der Waals surface area contributed by atoms with Gasteiger partial charge in [0.25, 0.3) is 0 Å². The van der Waals surface area contributed by atoms with Gasteiger partial charge in [-0.05, 0) is 13.0 Å². The van der Waals surface area contributed by atoms with Crippen LogP contribution in [0.4, 0.5) is 0 Å². The molecule has 1 atom stereocenters. The molecule has 0 fully saturated rings. The smallest absolute Gasteiger partial charge is 0.179 e. The van der Waals surface area contributed by atoms with Crippen molar-refractivity contribution in [2.45, 2.75) is 13.0 Å². The lowest BCUT2D eigenvalue weighted by atomic mass is 10.1. The molecule has 3 nitrogen and oxygen atoms in total. The van der Waals surface area contributed by atoms with E-state index in [0.29, 0.717) is 22.1 Å². The Labute approximate surface area is 88.2 Å². The Kier molecular flexibility index (Phi) is 3.61. The Bertz CT molecular complexity index is 323. The fraction of sp³-hybridized carbons (Fsp3) is 0.400. The number of aliphatic hydroxyl groups excluding tert-OH is 1. The number of methoxy groups -OCH3 is 2. The second-order valence-electron chi connectivity index (χ2n) is 2.88. The average Bonchev–Trinajstić information content (AvgIpc) is 2.16. The molecule has 0 radical (unpaired) electrons. The maximum absolute atomic E-state index is 9.41. The highest BCUT2D eigenvalue weighted by molar-refractivity contribution is 6.33. The van der Waals surface area contributed by atoms with Crippen molar-refractivity contribution in [1.29, 1.82) is 0 Å². The Balaban J connectivity index is 3.27. The molecule has 0 aliphatic carbocycles. The van der Waals surface area contributed by atoms with Crippen molar-refractivity contribution >= 4 is 11.6 Å². The molecule has 4 heteroatoms. The van der Waals surface area contributed by atoms with Gasteiger partial charge in [-0.1, -0.05) is 17.7 Å². The van der Waals surface area contributed by atoms with Crippen LogP contribution in [-0.4, -0.2) is 19.3 Å². The summed E-state index contributed by atoms with van der Waals surface area (Å²) in [7, 11) is 3.05. The first-order valence-electron chi connectivity index (χ1n) is 4.20. The summed E-state index contributed by atoms with van der Waals surface area (Å²) in [6, 6.07) is 3.43. The van der Waals surface area contributed by atoms with Gasteiger partial charge in [-0.25, -0.2) is 0 Å². The molecule has 78 valence electrons. The van der Waals surface area contributed by atoms with Gasteiger partial charge in [0.2, 0.25) is 0 Å². The molecular formula is C10H13ClO3. The van der Waals surface area contributed by atoms with Crippen LogP contribution in [0.15, 0.2) is 12.1 Å². The van der Waals surface area contributed by atoms with E-state index in [9.17, 15) is 5.11 Å². The molecule has 1 aromatic rings. The summed E-state index contributed by atoms with van der Waals surface area (Å²) in [5, 5.41) is 9.80. The molecule has 1 rings (SSSR count). The maximum atomic E-state index is 9.41. The molecule has 0 aromatic heterocycles. The zero-order valence-corrected chi connectivity index (χ0v) is 9.13. The molecule has 1 unspecified atom stereocenters. The maximum Gasteiger partial charge on any atom is 0.179 e. The monoisotopic (exact) mass is 216 g/mol. The first kappa shape index (κ1) is 11.1. The van der Waals surface area contributed by atoms with Gasteiger partial charge >= 0.3 is 0 Å². The lowest BCUT2D eigenvalue weighted by Gasteiger charge is -2.13. The Morgan fingerprint density at radius 1 is 1.29 bits per heavy atom. The van der Waals surface area contributed by atoms with Gasteiger partial charge < -0.3 is 14.6 Å². The van der Waals surface area contributed by atoms with E-state index in [2.05, 4.69) is 0 Å². The van der Waals surface area contributed by atoms with Crippen LogP contribution in [0.3, 0.4) is 0 Å². The van der Waals surface area contributed by atoms with Gasteiger partial charge in [-0.3, -0.25) is 0 Å². The third-order valence-corrected chi connectivity index (χ3v) is 2.35. The number of ether oxygens (including phenoxy) is 2. The third kappa shape index (κ3) is 1.94. The molecule has 0 spiro atoms. The summed E-state index contributed by atoms with van der Waals surface area (Å²) >= 11 is 6.02. The van der Waals surface area contributed by atoms with Gasteiger partial charge in [0, 0.05) is 5.56 Å². The summed E-state index contributed by atoms with van der Waals surface area (Å²) in [6.45, 7) is 1.65. The van der Waals surface area contributed by atoms with Crippen LogP contribution < -0.4 is 9.47 Å². The van der Waals surface area contributed by atoms with Crippen molar-refractivity contribution in [2.24, 2.45) is 0 Å². The molecule has 0 amide bonds. The second-order valence-corrected chi connectivity index (χ2v) is 3.26. The predicted octanol–water partition coefficient (Wildman–Crippen LogP) is 2.41. The van der Waals surface area contributed by atoms with Crippen molar-refractivity contribution in [2.75, 3.05) is 14.2 Å². The Morgan fingerprint density at radius 3 is 2.36 bits per heavy atom. The highest BCUT2D eigenvalue weighted by Crippen LogP contribution is 2.39. The van der Waals surface area contributed by atoms with Gasteiger partial charge in [-0.2, -0.15) is 0 Å². The van der Waals surface area contributed by atoms with Crippen LogP contribution in [0.1, 0.15) is 18.6 Å². The van der Waals surface area contributed by atoms with Crippen LogP contribution in [0, 0.1) is 0 Å². The highest BCUT2D eigenvalue weighted by Gasteiger charge is 2.15. The van der Waals surface area contributed by atoms with Gasteiger partial charge in [0.1, 0.15) is 0 Å². The lowest BCUT2D eigenvalue weighted by molar-refractivity contribution is 0.198. The minimum Gasteiger partial charge on any atom is -0.493 e. The molecular weight excluding hydrogens is 204 g/mol. The molecule has 0 aliphatic rings. The predicted molar refractivity (Wildman–Crippen MR) is 55.2 cm³/mol. The lowest BCUT2D eigenvalue weighted by Crippen LogP contribution is -1.97. The summed E-state index contributed by atoms with van der Waals surface area (Å²) in [6.07, 6.45) is -0.623. The minimum absolute atomic E-state index is 0.391. The molecule has 1 N–H and O–H groups in total. The van der Waals surface area contributed by atoms with E-state index in [-0.39, 0.29) is 0 Å². The minimum atomic E-state index is -0.623. The largest absolute Gasteiger partial charge is 0.493 e. The second kappa shape index (κ2) is 4.53. The van der Waals surface area contributed by atoms with E-state index >= 15 is 0 Å². The molecule has 0 aliphatic heterocycles. The summed E-state index contributed by atoms with van der Waals surface area (Å²) in [5.74, 6) is 1.01. The van der Waals surface area contributed by atoms with E-state index in [1.807, 2.05) is 0 Å². The van der Waals surface area contributed by atoms with Crippen LogP contribution in [0.25, 0.3) is 0 Å². The normalized spacial score (nSPS) is 12.4. The van der Waals surface area contributed by atoms with Crippen LogP contribution >= 0.6 is 11.6 Å². The molecule has 14 heavy (non-hydrogen) atoms.